The summed E-state index contributed by atoms with van der Waals surface area (Å²) in [6.45, 7) is 7.93. The van der Waals surface area contributed by atoms with E-state index in [0.717, 1.165) is 25.7 Å². The molecule has 1 saturated heterocycles. The highest BCUT2D eigenvalue weighted by Crippen LogP contribution is 2.18. The molecule has 0 radical (unpaired) electrons. The van der Waals surface area contributed by atoms with Crippen LogP contribution in [0.4, 0.5) is 0 Å². The highest BCUT2D eigenvalue weighted by Gasteiger charge is 2.20. The summed E-state index contributed by atoms with van der Waals surface area (Å²) in [4.78, 5) is 2.53. The molecule has 94 valence electrons. The molecule has 3 heteroatoms. The van der Waals surface area contributed by atoms with Crippen molar-refractivity contribution in [1.82, 2.24) is 10.2 Å². The number of hydrogen-bond donors (Lipinski definition) is 1. The Labute approximate surface area is 99.5 Å². The minimum Gasteiger partial charge on any atom is -0.377 e. The molecule has 0 amide bonds. The Morgan fingerprint density at radius 1 is 1.31 bits per heavy atom. The van der Waals surface area contributed by atoms with Crippen LogP contribution in [0.3, 0.4) is 0 Å². The quantitative estimate of drug-likeness (QED) is 0.637. The van der Waals surface area contributed by atoms with Crippen LogP contribution in [0, 0.1) is 0 Å². The number of nitrogens with zero attached hydrogens (tertiary/aromatic N) is 1. The molecule has 1 unspecified atom stereocenters. The van der Waals surface area contributed by atoms with Crippen molar-refractivity contribution < 1.29 is 4.74 Å². The summed E-state index contributed by atoms with van der Waals surface area (Å²) in [6.07, 6.45) is 7.09. The summed E-state index contributed by atoms with van der Waals surface area (Å²) in [5.74, 6) is 0. The molecule has 0 bridgehead atoms. The molecule has 1 saturated carbocycles. The van der Waals surface area contributed by atoms with Gasteiger partial charge in [0.25, 0.3) is 0 Å². The summed E-state index contributed by atoms with van der Waals surface area (Å²) in [5, 5.41) is 3.57. The van der Waals surface area contributed by atoms with Crippen LogP contribution in [-0.4, -0.2) is 49.8 Å². The van der Waals surface area contributed by atoms with Gasteiger partial charge in [-0.15, -0.1) is 0 Å². The van der Waals surface area contributed by atoms with Crippen LogP contribution in [0.5, 0.6) is 0 Å². The maximum Gasteiger partial charge on any atom is 0.0702 e. The lowest BCUT2D eigenvalue weighted by Gasteiger charge is -2.23. The van der Waals surface area contributed by atoms with Gasteiger partial charge in [-0.2, -0.15) is 0 Å². The van der Waals surface area contributed by atoms with Crippen LogP contribution >= 0.6 is 0 Å². The molecular weight excluding hydrogens is 200 g/mol. The van der Waals surface area contributed by atoms with Gasteiger partial charge < -0.3 is 15.0 Å². The van der Waals surface area contributed by atoms with Gasteiger partial charge in [-0.25, -0.2) is 0 Å². The monoisotopic (exact) mass is 226 g/mol. The first-order valence-electron chi connectivity index (χ1n) is 6.96. The van der Waals surface area contributed by atoms with Gasteiger partial charge in [0.05, 0.1) is 6.10 Å². The zero-order valence-electron chi connectivity index (χ0n) is 10.6. The third-order valence-corrected chi connectivity index (χ3v) is 3.59. The topological polar surface area (TPSA) is 24.5 Å². The first-order valence-corrected chi connectivity index (χ1v) is 6.96. The second-order valence-electron chi connectivity index (χ2n) is 5.11. The number of hydrogen-bond acceptors (Lipinski definition) is 3. The first-order chi connectivity index (χ1) is 7.88. The smallest absolute Gasteiger partial charge is 0.0702 e. The fourth-order valence-electron chi connectivity index (χ4n) is 2.35. The van der Waals surface area contributed by atoms with Crippen molar-refractivity contribution in [2.75, 3.05) is 32.8 Å². The summed E-state index contributed by atoms with van der Waals surface area (Å²) < 4.78 is 5.68. The lowest BCUT2D eigenvalue weighted by Crippen LogP contribution is -2.34. The molecule has 1 atom stereocenters. The molecule has 16 heavy (non-hydrogen) atoms. The zero-order chi connectivity index (χ0) is 11.2. The van der Waals surface area contributed by atoms with Crippen molar-refractivity contribution >= 4 is 0 Å². The summed E-state index contributed by atoms with van der Waals surface area (Å²) in [5.41, 5.74) is 0. The van der Waals surface area contributed by atoms with Crippen molar-refractivity contribution in [3.8, 4) is 0 Å². The fourth-order valence-corrected chi connectivity index (χ4v) is 2.35. The van der Waals surface area contributed by atoms with Crippen molar-refractivity contribution in [3.63, 3.8) is 0 Å². The van der Waals surface area contributed by atoms with E-state index in [1.807, 2.05) is 0 Å². The van der Waals surface area contributed by atoms with E-state index < -0.39 is 0 Å². The predicted molar refractivity (Wildman–Crippen MR) is 66.7 cm³/mol. The molecule has 0 aromatic carbocycles. The molecule has 1 aliphatic heterocycles. The zero-order valence-corrected chi connectivity index (χ0v) is 10.6. The molecule has 1 heterocycles. The Bertz CT molecular complexity index is 188. The average molecular weight is 226 g/mol. The van der Waals surface area contributed by atoms with E-state index in [1.165, 1.54) is 45.2 Å². The van der Waals surface area contributed by atoms with E-state index in [2.05, 4.69) is 17.1 Å². The molecular formula is C13H26N2O. The Balaban J connectivity index is 1.52. The predicted octanol–water partition coefficient (Wildman–Crippen LogP) is 1.63. The van der Waals surface area contributed by atoms with Crippen molar-refractivity contribution in [3.05, 3.63) is 0 Å². The van der Waals surface area contributed by atoms with E-state index in [4.69, 9.17) is 4.74 Å². The molecule has 0 aromatic rings. The Kier molecular flexibility index (Phi) is 5.07. The average Bonchev–Trinajstić information content (AvgIpc) is 2.99. The number of likely N-dealkylation sites (N-methyl/N-ethyl adjacent to an activating group) is 1. The SMILES string of the molecule is CCN(CCCNC1CC1)CC1CCCO1. The van der Waals surface area contributed by atoms with Crippen molar-refractivity contribution in [2.45, 2.75) is 51.2 Å². The lowest BCUT2D eigenvalue weighted by atomic mass is 10.2. The summed E-state index contributed by atoms with van der Waals surface area (Å²) >= 11 is 0. The van der Waals surface area contributed by atoms with E-state index in [1.54, 1.807) is 0 Å². The molecule has 2 rings (SSSR count). The van der Waals surface area contributed by atoms with Gasteiger partial charge >= 0.3 is 0 Å². The third kappa shape index (κ3) is 4.40. The maximum absolute atomic E-state index is 5.68. The highest BCUT2D eigenvalue weighted by atomic mass is 16.5. The van der Waals surface area contributed by atoms with Crippen LogP contribution < -0.4 is 5.32 Å². The fraction of sp³-hybridized carbons (Fsp3) is 1.00. The normalized spacial score (nSPS) is 25.5. The van der Waals surface area contributed by atoms with Crippen LogP contribution in [0.15, 0.2) is 0 Å². The molecule has 3 nitrogen and oxygen atoms in total. The van der Waals surface area contributed by atoms with E-state index in [0.29, 0.717) is 6.10 Å². The second-order valence-corrected chi connectivity index (χ2v) is 5.11. The van der Waals surface area contributed by atoms with Gasteiger partial charge in [0.1, 0.15) is 0 Å². The Morgan fingerprint density at radius 3 is 2.81 bits per heavy atom. The molecule has 0 spiro atoms. The van der Waals surface area contributed by atoms with Crippen molar-refractivity contribution in [1.29, 1.82) is 0 Å². The van der Waals surface area contributed by atoms with E-state index in [9.17, 15) is 0 Å². The minimum atomic E-state index is 0.511. The first kappa shape index (κ1) is 12.3. The Morgan fingerprint density at radius 2 is 2.19 bits per heavy atom. The van der Waals surface area contributed by atoms with E-state index in [-0.39, 0.29) is 0 Å². The van der Waals surface area contributed by atoms with Crippen LogP contribution in [0.25, 0.3) is 0 Å². The van der Waals surface area contributed by atoms with Gasteiger partial charge in [0.15, 0.2) is 0 Å². The van der Waals surface area contributed by atoms with Gasteiger partial charge in [0, 0.05) is 19.2 Å². The van der Waals surface area contributed by atoms with E-state index >= 15 is 0 Å². The molecule has 0 aromatic heterocycles. The maximum atomic E-state index is 5.68. The molecule has 1 N–H and O–H groups in total. The lowest BCUT2D eigenvalue weighted by molar-refractivity contribution is 0.0745. The third-order valence-electron chi connectivity index (χ3n) is 3.59. The van der Waals surface area contributed by atoms with Gasteiger partial charge in [-0.1, -0.05) is 6.92 Å². The van der Waals surface area contributed by atoms with Gasteiger partial charge in [0.2, 0.25) is 0 Å². The summed E-state index contributed by atoms with van der Waals surface area (Å²) in [6, 6.07) is 0.855. The van der Waals surface area contributed by atoms with Gasteiger partial charge in [-0.05, 0) is 51.7 Å². The largest absolute Gasteiger partial charge is 0.377 e. The number of nitrogens with one attached hydrogen (secondary N) is 1. The number of rotatable bonds is 8. The highest BCUT2D eigenvalue weighted by molar-refractivity contribution is 4.80. The molecule has 2 fully saturated rings. The van der Waals surface area contributed by atoms with Crippen LogP contribution in [0.1, 0.15) is 39.0 Å². The second kappa shape index (κ2) is 6.58. The number of ether oxygens (including phenoxy) is 1. The van der Waals surface area contributed by atoms with Crippen LogP contribution in [-0.2, 0) is 4.74 Å². The van der Waals surface area contributed by atoms with Crippen LogP contribution in [0.2, 0.25) is 0 Å². The molecule has 2 aliphatic rings. The summed E-state index contributed by atoms with van der Waals surface area (Å²) in [7, 11) is 0. The van der Waals surface area contributed by atoms with Gasteiger partial charge in [-0.3, -0.25) is 0 Å². The Hall–Kier alpha value is -0.120. The van der Waals surface area contributed by atoms with Crippen molar-refractivity contribution in [2.24, 2.45) is 0 Å². The molecule has 1 aliphatic carbocycles. The minimum absolute atomic E-state index is 0.511. The standard InChI is InChI=1S/C13H26N2O/c1-2-15(11-13-5-3-10-16-13)9-4-8-14-12-6-7-12/h12-14H,2-11H2,1H3.